The van der Waals surface area contributed by atoms with E-state index >= 15 is 0 Å². The Balaban J connectivity index is 1.97. The van der Waals surface area contributed by atoms with Crippen LogP contribution in [0.4, 0.5) is 0 Å². The van der Waals surface area contributed by atoms with E-state index in [-0.39, 0.29) is 24.6 Å². The molecule has 178 valence electrons. The normalized spacial score (nSPS) is 36.2. The van der Waals surface area contributed by atoms with Gasteiger partial charge in [-0.1, -0.05) is 25.5 Å². The van der Waals surface area contributed by atoms with Crippen LogP contribution in [0.3, 0.4) is 0 Å². The van der Waals surface area contributed by atoms with Crippen molar-refractivity contribution in [3.8, 4) is 0 Å². The van der Waals surface area contributed by atoms with Gasteiger partial charge in [0.15, 0.2) is 6.29 Å². The first kappa shape index (κ1) is 25.7. The molecule has 10 heteroatoms. The van der Waals surface area contributed by atoms with Crippen LogP contribution in [0.2, 0.25) is 0 Å². The molecule has 0 aliphatic carbocycles. The lowest BCUT2D eigenvalue weighted by Crippen LogP contribution is -2.59. The van der Waals surface area contributed by atoms with E-state index in [4.69, 9.17) is 14.2 Å². The number of carbonyl (C=O) groups excluding carboxylic acids is 1. The van der Waals surface area contributed by atoms with Gasteiger partial charge in [0.25, 0.3) is 0 Å². The van der Waals surface area contributed by atoms with Crippen LogP contribution in [0.25, 0.3) is 0 Å². The molecular formula is C21H34O10. The Labute approximate surface area is 181 Å². The molecule has 9 unspecified atom stereocenters. The number of ether oxygens (including phenoxy) is 3. The van der Waals surface area contributed by atoms with Gasteiger partial charge < -0.3 is 39.7 Å². The molecule has 2 rings (SSSR count). The fourth-order valence-electron chi connectivity index (χ4n) is 3.78. The number of esters is 1. The maximum atomic E-state index is 11.5. The zero-order chi connectivity index (χ0) is 23.3. The fraction of sp³-hybridized carbons (Fsp3) is 0.810. The summed E-state index contributed by atoms with van der Waals surface area (Å²) in [6, 6.07) is 0. The summed E-state index contributed by atoms with van der Waals surface area (Å²) in [7, 11) is 0. The summed E-state index contributed by atoms with van der Waals surface area (Å²) in [5, 5.41) is 48.5. The predicted molar refractivity (Wildman–Crippen MR) is 107 cm³/mol. The summed E-state index contributed by atoms with van der Waals surface area (Å²) in [5.41, 5.74) is 0.960. The highest BCUT2D eigenvalue weighted by molar-refractivity contribution is 5.74. The van der Waals surface area contributed by atoms with Crippen molar-refractivity contribution in [1.29, 1.82) is 0 Å². The van der Waals surface area contributed by atoms with Crippen LogP contribution < -0.4 is 0 Å². The molecule has 0 amide bonds. The van der Waals surface area contributed by atoms with Crippen molar-refractivity contribution < 1.29 is 49.3 Å². The Kier molecular flexibility index (Phi) is 9.41. The highest BCUT2D eigenvalue weighted by atomic mass is 16.7. The van der Waals surface area contributed by atoms with Gasteiger partial charge in [0.05, 0.1) is 25.0 Å². The van der Waals surface area contributed by atoms with Crippen molar-refractivity contribution in [3.63, 3.8) is 0 Å². The Bertz CT molecular complexity index is 648. The summed E-state index contributed by atoms with van der Waals surface area (Å²) in [6.07, 6.45) is -3.73. The standard InChI is InChI=1S/C21H34O10/c1-10(6-14-7-11(2)20(28)30-14)4-5-13(12(3)19(26)27)9-29-21-18(25)17(24)16(23)15(8-22)31-21/h4,11-18,21-25H,5-9H2,1-3H3,(H,26,27). The number of aliphatic hydroxyl groups excluding tert-OH is 4. The average Bonchev–Trinajstić information content (AvgIpc) is 3.03. The molecule has 0 spiro atoms. The Morgan fingerprint density at radius 1 is 1.26 bits per heavy atom. The molecule has 5 N–H and O–H groups in total. The lowest BCUT2D eigenvalue weighted by molar-refractivity contribution is -0.303. The van der Waals surface area contributed by atoms with Crippen molar-refractivity contribution in [2.45, 2.75) is 76.8 Å². The molecule has 2 aliphatic rings. The van der Waals surface area contributed by atoms with E-state index in [0.29, 0.717) is 19.3 Å². The molecule has 10 nitrogen and oxygen atoms in total. The Morgan fingerprint density at radius 3 is 2.48 bits per heavy atom. The molecule has 0 bridgehead atoms. The largest absolute Gasteiger partial charge is 0.481 e. The summed E-state index contributed by atoms with van der Waals surface area (Å²) in [5.74, 6) is -2.57. The summed E-state index contributed by atoms with van der Waals surface area (Å²) < 4.78 is 16.2. The lowest BCUT2D eigenvalue weighted by atomic mass is 9.90. The minimum Gasteiger partial charge on any atom is -0.481 e. The van der Waals surface area contributed by atoms with E-state index in [0.717, 1.165) is 5.57 Å². The molecule has 2 saturated heterocycles. The molecule has 0 aromatic carbocycles. The van der Waals surface area contributed by atoms with E-state index in [2.05, 4.69) is 0 Å². The van der Waals surface area contributed by atoms with Gasteiger partial charge in [0.2, 0.25) is 0 Å². The van der Waals surface area contributed by atoms with Gasteiger partial charge in [-0.2, -0.15) is 0 Å². The van der Waals surface area contributed by atoms with Gasteiger partial charge in [-0.15, -0.1) is 0 Å². The summed E-state index contributed by atoms with van der Waals surface area (Å²) >= 11 is 0. The van der Waals surface area contributed by atoms with Crippen LogP contribution in [-0.2, 0) is 23.8 Å². The van der Waals surface area contributed by atoms with E-state index in [9.17, 15) is 35.1 Å². The first-order valence-electron chi connectivity index (χ1n) is 10.6. The number of allylic oxidation sites excluding steroid dienone is 1. The highest BCUT2D eigenvalue weighted by Gasteiger charge is 2.44. The molecular weight excluding hydrogens is 412 g/mol. The van der Waals surface area contributed by atoms with Gasteiger partial charge in [-0.3, -0.25) is 9.59 Å². The van der Waals surface area contributed by atoms with Crippen molar-refractivity contribution >= 4 is 11.9 Å². The third kappa shape index (κ3) is 6.71. The van der Waals surface area contributed by atoms with Crippen LogP contribution >= 0.6 is 0 Å². The molecule has 9 atom stereocenters. The number of aliphatic carboxylic acids is 1. The quantitative estimate of drug-likeness (QED) is 0.225. The molecule has 2 heterocycles. The van der Waals surface area contributed by atoms with Gasteiger partial charge in [-0.05, 0) is 25.7 Å². The molecule has 0 saturated carbocycles. The first-order chi connectivity index (χ1) is 14.5. The van der Waals surface area contributed by atoms with Crippen LogP contribution in [0, 0.1) is 17.8 Å². The first-order valence-corrected chi connectivity index (χ1v) is 10.6. The molecule has 0 aromatic rings. The van der Waals surface area contributed by atoms with Crippen molar-refractivity contribution in [2.24, 2.45) is 17.8 Å². The summed E-state index contributed by atoms with van der Waals surface area (Å²) in [6.45, 7) is 4.59. The number of carboxylic acids is 1. The SMILES string of the molecule is CC(=CCC(COC1OC(CO)C(O)C(O)C1O)C(C)C(=O)O)CC1CC(C)C(=O)O1. The van der Waals surface area contributed by atoms with E-state index in [1.54, 1.807) is 6.92 Å². The number of hydrogen-bond donors (Lipinski definition) is 5. The van der Waals surface area contributed by atoms with Crippen molar-refractivity contribution in [1.82, 2.24) is 0 Å². The number of aliphatic hydroxyl groups is 4. The van der Waals surface area contributed by atoms with Gasteiger partial charge >= 0.3 is 11.9 Å². The average molecular weight is 446 g/mol. The zero-order valence-corrected chi connectivity index (χ0v) is 18.1. The van der Waals surface area contributed by atoms with Crippen LogP contribution in [0.15, 0.2) is 11.6 Å². The minimum atomic E-state index is -1.56. The van der Waals surface area contributed by atoms with Crippen molar-refractivity contribution in [3.05, 3.63) is 11.6 Å². The predicted octanol–water partition coefficient (Wildman–Crippen LogP) is -0.182. The van der Waals surface area contributed by atoms with Crippen molar-refractivity contribution in [2.75, 3.05) is 13.2 Å². The second kappa shape index (κ2) is 11.3. The van der Waals surface area contributed by atoms with E-state index in [1.807, 2.05) is 19.9 Å². The van der Waals surface area contributed by atoms with Crippen LogP contribution in [0.5, 0.6) is 0 Å². The summed E-state index contributed by atoms with van der Waals surface area (Å²) in [4.78, 5) is 23.1. The molecule has 0 aromatic heterocycles. The molecule has 0 radical (unpaired) electrons. The number of carbonyl (C=O) groups is 2. The Morgan fingerprint density at radius 2 is 1.94 bits per heavy atom. The maximum Gasteiger partial charge on any atom is 0.309 e. The number of rotatable bonds is 10. The topological polar surface area (TPSA) is 163 Å². The highest BCUT2D eigenvalue weighted by Crippen LogP contribution is 2.27. The molecule has 2 fully saturated rings. The number of carboxylic acid groups (broad SMARTS) is 1. The second-order valence-corrected chi connectivity index (χ2v) is 8.60. The molecule has 2 aliphatic heterocycles. The van der Waals surface area contributed by atoms with Crippen LogP contribution in [-0.4, -0.2) is 87.5 Å². The van der Waals surface area contributed by atoms with Gasteiger partial charge in [-0.25, -0.2) is 0 Å². The number of hydrogen-bond acceptors (Lipinski definition) is 9. The molecule has 31 heavy (non-hydrogen) atoms. The van der Waals surface area contributed by atoms with Gasteiger partial charge in [0, 0.05) is 6.42 Å². The van der Waals surface area contributed by atoms with Crippen LogP contribution in [0.1, 0.15) is 40.0 Å². The lowest BCUT2D eigenvalue weighted by Gasteiger charge is -2.40. The third-order valence-electron chi connectivity index (χ3n) is 6.04. The maximum absolute atomic E-state index is 11.5. The Hall–Kier alpha value is -1.56. The third-order valence-corrected chi connectivity index (χ3v) is 6.04. The minimum absolute atomic E-state index is 0.0879. The van der Waals surface area contributed by atoms with Gasteiger partial charge in [0.1, 0.15) is 30.5 Å². The van der Waals surface area contributed by atoms with E-state index < -0.39 is 55.1 Å². The number of cyclic esters (lactones) is 1. The van der Waals surface area contributed by atoms with E-state index in [1.165, 1.54) is 0 Å². The zero-order valence-electron chi connectivity index (χ0n) is 18.1. The smallest absolute Gasteiger partial charge is 0.309 e. The second-order valence-electron chi connectivity index (χ2n) is 8.60. The fourth-order valence-corrected chi connectivity index (χ4v) is 3.78. The monoisotopic (exact) mass is 446 g/mol.